The van der Waals surface area contributed by atoms with Gasteiger partial charge in [0.1, 0.15) is 17.5 Å². The van der Waals surface area contributed by atoms with Crippen LogP contribution in [0.4, 0.5) is 11.6 Å². The first-order valence-corrected chi connectivity index (χ1v) is 6.86. The Morgan fingerprint density at radius 1 is 1.21 bits per heavy atom. The van der Waals surface area contributed by atoms with E-state index in [4.69, 9.17) is 0 Å². The molecule has 0 saturated carbocycles. The van der Waals surface area contributed by atoms with Crippen molar-refractivity contribution < 1.29 is 0 Å². The van der Waals surface area contributed by atoms with Crippen LogP contribution in [0, 0.1) is 0 Å². The number of likely N-dealkylation sites (N-methyl/N-ethyl adjacent to an activating group) is 1. The second kappa shape index (κ2) is 6.70. The van der Waals surface area contributed by atoms with E-state index in [-0.39, 0.29) is 5.54 Å². The molecule has 2 N–H and O–H groups in total. The predicted molar refractivity (Wildman–Crippen MR) is 81.8 cm³/mol. The van der Waals surface area contributed by atoms with Crippen molar-refractivity contribution in [3.63, 3.8) is 0 Å². The molecule has 0 aliphatic carbocycles. The Morgan fingerprint density at radius 3 is 2.37 bits per heavy atom. The van der Waals surface area contributed by atoms with Gasteiger partial charge in [-0.3, -0.25) is 0 Å². The van der Waals surface area contributed by atoms with Gasteiger partial charge in [-0.05, 0) is 34.4 Å². The summed E-state index contributed by atoms with van der Waals surface area (Å²) in [6, 6.07) is 1.95. The van der Waals surface area contributed by atoms with Crippen LogP contribution in [0.2, 0.25) is 0 Å². The van der Waals surface area contributed by atoms with Gasteiger partial charge in [0.05, 0.1) is 0 Å². The van der Waals surface area contributed by atoms with E-state index in [0.717, 1.165) is 36.8 Å². The predicted octanol–water partition coefficient (Wildman–Crippen LogP) is 2.22. The smallest absolute Gasteiger partial charge is 0.133 e. The highest BCUT2D eigenvalue weighted by molar-refractivity contribution is 5.47. The summed E-state index contributed by atoms with van der Waals surface area (Å²) in [5.41, 5.74) is 0.0790. The number of rotatable bonds is 7. The summed E-state index contributed by atoms with van der Waals surface area (Å²) in [6.07, 6.45) is 1.96. The van der Waals surface area contributed by atoms with Crippen molar-refractivity contribution in [3.05, 3.63) is 11.9 Å². The van der Waals surface area contributed by atoms with Crippen LogP contribution in [-0.2, 0) is 6.42 Å². The van der Waals surface area contributed by atoms with Crippen LogP contribution in [0.15, 0.2) is 6.07 Å². The Labute approximate surface area is 116 Å². The van der Waals surface area contributed by atoms with Gasteiger partial charge in [0, 0.05) is 31.6 Å². The zero-order valence-corrected chi connectivity index (χ0v) is 13.0. The van der Waals surface area contributed by atoms with Crippen LogP contribution in [-0.4, -0.2) is 48.1 Å². The molecule has 0 aliphatic heterocycles. The lowest BCUT2D eigenvalue weighted by atomic mass is 10.0. The molecule has 0 radical (unpaired) electrons. The maximum atomic E-state index is 4.55. The van der Waals surface area contributed by atoms with E-state index in [1.807, 2.05) is 13.1 Å². The summed E-state index contributed by atoms with van der Waals surface area (Å²) >= 11 is 0. The van der Waals surface area contributed by atoms with Gasteiger partial charge in [0.25, 0.3) is 0 Å². The molecule has 1 aromatic heterocycles. The fourth-order valence-corrected chi connectivity index (χ4v) is 1.52. The van der Waals surface area contributed by atoms with Gasteiger partial charge in [0.15, 0.2) is 0 Å². The number of nitrogens with zero attached hydrogens (tertiary/aromatic N) is 3. The second-order valence-electron chi connectivity index (χ2n) is 5.62. The van der Waals surface area contributed by atoms with Gasteiger partial charge in [-0.1, -0.05) is 6.92 Å². The van der Waals surface area contributed by atoms with Gasteiger partial charge in [-0.25, -0.2) is 9.97 Å². The monoisotopic (exact) mass is 265 g/mol. The zero-order valence-electron chi connectivity index (χ0n) is 13.0. The molecule has 0 saturated heterocycles. The quantitative estimate of drug-likeness (QED) is 0.792. The summed E-state index contributed by atoms with van der Waals surface area (Å²) in [7, 11) is 6.05. The zero-order chi connectivity index (χ0) is 14.5. The minimum atomic E-state index is 0.0790. The van der Waals surface area contributed by atoms with Crippen LogP contribution in [0.25, 0.3) is 0 Å². The lowest BCUT2D eigenvalue weighted by Crippen LogP contribution is -2.44. The lowest BCUT2D eigenvalue weighted by Gasteiger charge is -2.32. The highest BCUT2D eigenvalue weighted by Crippen LogP contribution is 2.15. The summed E-state index contributed by atoms with van der Waals surface area (Å²) in [5, 5.41) is 6.49. The van der Waals surface area contributed by atoms with E-state index in [1.165, 1.54) is 0 Å². The average Bonchev–Trinajstić information content (AvgIpc) is 2.36. The molecule has 5 heteroatoms. The van der Waals surface area contributed by atoms with E-state index < -0.39 is 0 Å². The number of hydrogen-bond acceptors (Lipinski definition) is 5. The first kappa shape index (κ1) is 15.7. The fourth-order valence-electron chi connectivity index (χ4n) is 1.52. The standard InChI is InChI=1S/C14H27N5/c1-7-8-11-17-12(15-4)9-13(18-11)16-10-14(2,3)19(5)6/h9H,7-8,10H2,1-6H3,(H2,15,16,17,18). The third kappa shape index (κ3) is 4.67. The maximum absolute atomic E-state index is 4.55. The Balaban J connectivity index is 2.80. The minimum absolute atomic E-state index is 0.0790. The highest BCUT2D eigenvalue weighted by atomic mass is 15.2. The van der Waals surface area contributed by atoms with Gasteiger partial charge in [-0.2, -0.15) is 0 Å². The van der Waals surface area contributed by atoms with Gasteiger partial charge >= 0.3 is 0 Å². The maximum Gasteiger partial charge on any atom is 0.133 e. The lowest BCUT2D eigenvalue weighted by molar-refractivity contribution is 0.210. The van der Waals surface area contributed by atoms with Crippen molar-refractivity contribution in [3.8, 4) is 0 Å². The molecule has 19 heavy (non-hydrogen) atoms. The molecule has 0 bridgehead atoms. The first-order chi connectivity index (χ1) is 8.89. The van der Waals surface area contributed by atoms with Crippen molar-refractivity contribution in [2.24, 2.45) is 0 Å². The van der Waals surface area contributed by atoms with E-state index in [9.17, 15) is 0 Å². The number of anilines is 2. The molecule has 0 amide bonds. The summed E-state index contributed by atoms with van der Waals surface area (Å²) in [6.45, 7) is 7.38. The van der Waals surface area contributed by atoms with Crippen LogP contribution in [0.1, 0.15) is 33.0 Å². The van der Waals surface area contributed by atoms with E-state index in [2.05, 4.69) is 60.4 Å². The molecular formula is C14H27N5. The van der Waals surface area contributed by atoms with E-state index >= 15 is 0 Å². The van der Waals surface area contributed by atoms with Crippen molar-refractivity contribution in [2.45, 2.75) is 39.2 Å². The third-order valence-corrected chi connectivity index (χ3v) is 3.41. The normalized spacial score (nSPS) is 11.7. The van der Waals surface area contributed by atoms with Crippen molar-refractivity contribution >= 4 is 11.6 Å². The Hall–Kier alpha value is -1.36. The summed E-state index contributed by atoms with van der Waals surface area (Å²) < 4.78 is 0. The SMILES string of the molecule is CCCc1nc(NC)cc(NCC(C)(C)N(C)C)n1. The number of aromatic nitrogens is 2. The molecule has 0 atom stereocenters. The van der Waals surface area contributed by atoms with E-state index in [0.29, 0.717) is 0 Å². The Morgan fingerprint density at radius 2 is 1.84 bits per heavy atom. The number of aryl methyl sites for hydroxylation is 1. The number of nitrogens with one attached hydrogen (secondary N) is 2. The molecule has 1 aromatic rings. The van der Waals surface area contributed by atoms with Crippen LogP contribution in [0.3, 0.4) is 0 Å². The van der Waals surface area contributed by atoms with E-state index in [1.54, 1.807) is 0 Å². The topological polar surface area (TPSA) is 53.1 Å². The molecule has 0 aliphatic rings. The first-order valence-electron chi connectivity index (χ1n) is 6.86. The van der Waals surface area contributed by atoms with Crippen molar-refractivity contribution in [1.82, 2.24) is 14.9 Å². The third-order valence-electron chi connectivity index (χ3n) is 3.41. The molecule has 1 heterocycles. The largest absolute Gasteiger partial charge is 0.373 e. The molecule has 0 aromatic carbocycles. The van der Waals surface area contributed by atoms with Gasteiger partial charge in [0.2, 0.25) is 0 Å². The minimum Gasteiger partial charge on any atom is -0.373 e. The van der Waals surface area contributed by atoms with Crippen molar-refractivity contribution in [1.29, 1.82) is 0 Å². The molecule has 0 spiro atoms. The molecule has 0 fully saturated rings. The fraction of sp³-hybridized carbons (Fsp3) is 0.714. The van der Waals surface area contributed by atoms with Gasteiger partial charge < -0.3 is 15.5 Å². The van der Waals surface area contributed by atoms with Gasteiger partial charge in [-0.15, -0.1) is 0 Å². The average molecular weight is 265 g/mol. The molecular weight excluding hydrogens is 238 g/mol. The Bertz CT molecular complexity index is 401. The molecule has 5 nitrogen and oxygen atoms in total. The number of hydrogen-bond donors (Lipinski definition) is 2. The van der Waals surface area contributed by atoms with Crippen LogP contribution < -0.4 is 10.6 Å². The summed E-state index contributed by atoms with van der Waals surface area (Å²) in [5.74, 6) is 2.64. The summed E-state index contributed by atoms with van der Waals surface area (Å²) in [4.78, 5) is 11.2. The van der Waals surface area contributed by atoms with Crippen LogP contribution in [0.5, 0.6) is 0 Å². The second-order valence-corrected chi connectivity index (χ2v) is 5.62. The molecule has 0 unspecified atom stereocenters. The van der Waals surface area contributed by atoms with Crippen LogP contribution >= 0.6 is 0 Å². The van der Waals surface area contributed by atoms with Crippen molar-refractivity contribution in [2.75, 3.05) is 38.3 Å². The highest BCUT2D eigenvalue weighted by Gasteiger charge is 2.20. The molecule has 108 valence electrons. The Kier molecular flexibility index (Phi) is 5.54. The molecule has 1 rings (SSSR count).